The SMILES string of the molecule is CC(C)(C)[Si](OCCCOc1c(OCc2ccccc2)ccc2ncc(Br)cc12)(c1ccccc1)c1ccccc1. The zero-order valence-corrected chi connectivity index (χ0v) is 26.4. The number of ether oxygens (including phenoxy) is 2. The van der Waals surface area contributed by atoms with Crippen molar-refractivity contribution >= 4 is 45.5 Å². The second-order valence-electron chi connectivity index (χ2n) is 11.1. The van der Waals surface area contributed by atoms with Crippen molar-refractivity contribution in [3.05, 3.63) is 125 Å². The molecule has 0 saturated carbocycles. The van der Waals surface area contributed by atoms with Crippen LogP contribution in [0.4, 0.5) is 0 Å². The first kappa shape index (κ1) is 29.1. The van der Waals surface area contributed by atoms with E-state index >= 15 is 0 Å². The van der Waals surface area contributed by atoms with E-state index in [1.807, 2.05) is 36.4 Å². The lowest BCUT2D eigenvalue weighted by atomic mass is 10.2. The lowest BCUT2D eigenvalue weighted by Crippen LogP contribution is -2.66. The molecule has 0 aliphatic carbocycles. The Morgan fingerprint density at radius 2 is 1.34 bits per heavy atom. The van der Waals surface area contributed by atoms with Crippen LogP contribution in [0.15, 0.2) is 120 Å². The molecule has 4 aromatic carbocycles. The number of hydrogen-bond donors (Lipinski definition) is 0. The minimum absolute atomic E-state index is 0.0669. The Morgan fingerprint density at radius 3 is 1.95 bits per heavy atom. The Morgan fingerprint density at radius 1 is 0.732 bits per heavy atom. The molecule has 5 aromatic rings. The second-order valence-corrected chi connectivity index (χ2v) is 16.3. The van der Waals surface area contributed by atoms with Crippen molar-refractivity contribution in [3.8, 4) is 11.5 Å². The standard InChI is InChI=1S/C35H36BrNO3Si/c1-35(2,3)41(29-16-9-5-10-17-29,30-18-11-6-12-19-30)40-23-13-22-38-34-31-24-28(36)25-37-32(31)20-21-33(34)39-26-27-14-7-4-8-15-27/h4-12,14-21,24-25H,13,22-23,26H2,1-3H3. The van der Waals surface area contributed by atoms with Gasteiger partial charge in [-0.15, -0.1) is 0 Å². The van der Waals surface area contributed by atoms with Crippen molar-refractivity contribution in [1.29, 1.82) is 0 Å². The molecule has 0 radical (unpaired) electrons. The van der Waals surface area contributed by atoms with Gasteiger partial charge in [-0.2, -0.15) is 0 Å². The molecule has 0 atom stereocenters. The Bertz CT molecular complexity index is 1520. The Kier molecular flexibility index (Phi) is 9.23. The van der Waals surface area contributed by atoms with Crippen LogP contribution < -0.4 is 19.8 Å². The summed E-state index contributed by atoms with van der Waals surface area (Å²) in [5.74, 6) is 1.41. The van der Waals surface area contributed by atoms with E-state index in [9.17, 15) is 0 Å². The van der Waals surface area contributed by atoms with Gasteiger partial charge in [-0.25, -0.2) is 0 Å². The first-order valence-electron chi connectivity index (χ1n) is 14.0. The maximum atomic E-state index is 7.05. The van der Waals surface area contributed by atoms with Crippen molar-refractivity contribution < 1.29 is 13.9 Å². The highest BCUT2D eigenvalue weighted by molar-refractivity contribution is 9.10. The highest BCUT2D eigenvalue weighted by atomic mass is 79.9. The Hall–Kier alpha value is -3.45. The molecule has 0 N–H and O–H groups in total. The van der Waals surface area contributed by atoms with Gasteiger partial charge in [-0.3, -0.25) is 4.98 Å². The van der Waals surface area contributed by atoms with Gasteiger partial charge >= 0.3 is 0 Å². The van der Waals surface area contributed by atoms with Gasteiger partial charge in [-0.05, 0) is 55.1 Å². The third-order valence-electron chi connectivity index (χ3n) is 7.25. The minimum atomic E-state index is -2.59. The molecule has 0 aliphatic heterocycles. The van der Waals surface area contributed by atoms with Gasteiger partial charge in [0.2, 0.25) is 0 Å². The third-order valence-corrected chi connectivity index (χ3v) is 12.7. The van der Waals surface area contributed by atoms with Crippen LogP contribution in [0, 0.1) is 0 Å². The molecule has 0 aliphatic rings. The van der Waals surface area contributed by atoms with E-state index in [1.54, 1.807) is 6.20 Å². The first-order valence-corrected chi connectivity index (χ1v) is 16.7. The van der Waals surface area contributed by atoms with Gasteiger partial charge in [0.05, 0.1) is 12.1 Å². The predicted molar refractivity (Wildman–Crippen MR) is 174 cm³/mol. The number of rotatable bonds is 11. The third kappa shape index (κ3) is 6.56. The molecule has 0 bridgehead atoms. The highest BCUT2D eigenvalue weighted by Gasteiger charge is 2.49. The van der Waals surface area contributed by atoms with E-state index in [-0.39, 0.29) is 5.04 Å². The van der Waals surface area contributed by atoms with Crippen LogP contribution in [-0.4, -0.2) is 26.5 Å². The maximum Gasteiger partial charge on any atom is 0.261 e. The fourth-order valence-corrected chi connectivity index (χ4v) is 10.3. The van der Waals surface area contributed by atoms with Crippen molar-refractivity contribution in [1.82, 2.24) is 4.98 Å². The number of aromatic nitrogens is 1. The number of halogens is 1. The van der Waals surface area contributed by atoms with Crippen LogP contribution in [-0.2, 0) is 11.0 Å². The zero-order valence-electron chi connectivity index (χ0n) is 23.8. The molecule has 0 saturated heterocycles. The van der Waals surface area contributed by atoms with Crippen LogP contribution in [0.3, 0.4) is 0 Å². The summed E-state index contributed by atoms with van der Waals surface area (Å²) in [7, 11) is -2.59. The summed E-state index contributed by atoms with van der Waals surface area (Å²) in [6.45, 7) is 8.43. The molecule has 0 spiro atoms. The van der Waals surface area contributed by atoms with Crippen molar-refractivity contribution in [3.63, 3.8) is 0 Å². The Balaban J connectivity index is 1.36. The summed E-state index contributed by atoms with van der Waals surface area (Å²) < 4.78 is 20.7. The van der Waals surface area contributed by atoms with Gasteiger partial charge in [0.1, 0.15) is 6.61 Å². The van der Waals surface area contributed by atoms with Gasteiger partial charge in [-0.1, -0.05) is 112 Å². The molecule has 0 unspecified atom stereocenters. The van der Waals surface area contributed by atoms with Crippen molar-refractivity contribution in [2.24, 2.45) is 0 Å². The molecular formula is C35H36BrNO3Si. The fraction of sp³-hybridized carbons (Fsp3) is 0.229. The summed E-state index contributed by atoms with van der Waals surface area (Å²) in [6.07, 6.45) is 2.54. The molecule has 0 amide bonds. The summed E-state index contributed by atoms with van der Waals surface area (Å²) in [5.41, 5.74) is 1.96. The number of hydrogen-bond acceptors (Lipinski definition) is 4. The van der Waals surface area contributed by atoms with Gasteiger partial charge in [0.15, 0.2) is 11.5 Å². The summed E-state index contributed by atoms with van der Waals surface area (Å²) in [4.78, 5) is 4.57. The summed E-state index contributed by atoms with van der Waals surface area (Å²) >= 11 is 3.57. The van der Waals surface area contributed by atoms with E-state index in [0.717, 1.165) is 27.4 Å². The number of nitrogens with zero attached hydrogens (tertiary/aromatic N) is 1. The highest BCUT2D eigenvalue weighted by Crippen LogP contribution is 2.38. The largest absolute Gasteiger partial charge is 0.489 e. The topological polar surface area (TPSA) is 40.6 Å². The van der Waals surface area contributed by atoms with Gasteiger partial charge in [0.25, 0.3) is 8.32 Å². The minimum Gasteiger partial charge on any atom is -0.489 e. The molecule has 6 heteroatoms. The molecule has 1 heterocycles. The van der Waals surface area contributed by atoms with E-state index in [0.29, 0.717) is 31.3 Å². The monoisotopic (exact) mass is 625 g/mol. The van der Waals surface area contributed by atoms with Crippen LogP contribution in [0.2, 0.25) is 5.04 Å². The van der Waals surface area contributed by atoms with Crippen LogP contribution in [0.5, 0.6) is 11.5 Å². The van der Waals surface area contributed by atoms with E-state index in [1.165, 1.54) is 10.4 Å². The second kappa shape index (κ2) is 13.0. The van der Waals surface area contributed by atoms with Crippen molar-refractivity contribution in [2.75, 3.05) is 13.2 Å². The van der Waals surface area contributed by atoms with Gasteiger partial charge in [0, 0.05) is 29.1 Å². The molecule has 1 aromatic heterocycles. The number of pyridine rings is 1. The normalized spacial score (nSPS) is 11.9. The first-order chi connectivity index (χ1) is 19.9. The molecular weight excluding hydrogens is 590 g/mol. The average molecular weight is 627 g/mol. The number of fused-ring (bicyclic) bond motifs is 1. The van der Waals surface area contributed by atoms with E-state index < -0.39 is 8.32 Å². The fourth-order valence-electron chi connectivity index (χ4n) is 5.35. The predicted octanol–water partition coefficient (Wildman–Crippen LogP) is 7.92. The smallest absolute Gasteiger partial charge is 0.261 e. The number of benzene rings is 4. The van der Waals surface area contributed by atoms with E-state index in [4.69, 9.17) is 13.9 Å². The maximum absolute atomic E-state index is 7.05. The van der Waals surface area contributed by atoms with Crippen LogP contribution >= 0.6 is 15.9 Å². The quantitative estimate of drug-likeness (QED) is 0.110. The average Bonchev–Trinajstić information content (AvgIpc) is 2.99. The molecule has 4 nitrogen and oxygen atoms in total. The van der Waals surface area contributed by atoms with E-state index in [2.05, 4.69) is 114 Å². The Labute approximate surface area is 252 Å². The zero-order chi connectivity index (χ0) is 28.7. The lowest BCUT2D eigenvalue weighted by Gasteiger charge is -2.43. The van der Waals surface area contributed by atoms with Crippen LogP contribution in [0.1, 0.15) is 32.8 Å². The molecule has 210 valence electrons. The van der Waals surface area contributed by atoms with Crippen molar-refractivity contribution in [2.45, 2.75) is 38.8 Å². The molecule has 0 fully saturated rings. The summed E-state index contributed by atoms with van der Waals surface area (Å²) in [6, 6.07) is 37.6. The summed E-state index contributed by atoms with van der Waals surface area (Å²) in [5, 5.41) is 3.41. The molecule has 5 rings (SSSR count). The molecule has 41 heavy (non-hydrogen) atoms. The van der Waals surface area contributed by atoms with Gasteiger partial charge < -0.3 is 13.9 Å². The van der Waals surface area contributed by atoms with Crippen LogP contribution in [0.25, 0.3) is 10.9 Å². The lowest BCUT2D eigenvalue weighted by molar-refractivity contribution is 0.227.